The van der Waals surface area contributed by atoms with Gasteiger partial charge in [0.05, 0.1) is 10.5 Å². The molecule has 4 aromatic carbocycles. The minimum atomic E-state index is -0.467. The minimum Gasteiger partial charge on any atom is -0.294 e. The van der Waals surface area contributed by atoms with Crippen molar-refractivity contribution in [3.05, 3.63) is 153 Å². The molecule has 180 valence electrons. The van der Waals surface area contributed by atoms with Crippen LogP contribution < -0.4 is 0 Å². The molecular formula is C32H24N2O3. The molecule has 0 unspecified atom stereocenters. The third-order valence-electron chi connectivity index (χ3n) is 6.17. The number of benzene rings is 4. The Labute approximate surface area is 215 Å². The van der Waals surface area contributed by atoms with Crippen molar-refractivity contribution in [2.45, 2.75) is 13.3 Å². The van der Waals surface area contributed by atoms with E-state index in [1.165, 1.54) is 12.1 Å². The van der Waals surface area contributed by atoms with Crippen molar-refractivity contribution < 1.29 is 9.72 Å². The van der Waals surface area contributed by atoms with Crippen molar-refractivity contribution in [3.63, 3.8) is 0 Å². The molecule has 37 heavy (non-hydrogen) atoms. The fourth-order valence-corrected chi connectivity index (χ4v) is 4.30. The summed E-state index contributed by atoms with van der Waals surface area (Å²) in [7, 11) is 0. The summed E-state index contributed by atoms with van der Waals surface area (Å²) >= 11 is 0. The largest absolute Gasteiger partial charge is 0.294 e. The average molecular weight is 485 g/mol. The molecule has 0 saturated heterocycles. The number of carbonyl (C=O) groups is 1. The molecule has 0 aliphatic heterocycles. The number of nitrogens with zero attached hydrogens (tertiary/aromatic N) is 2. The molecule has 0 atom stereocenters. The molecule has 0 aliphatic rings. The van der Waals surface area contributed by atoms with E-state index in [0.29, 0.717) is 22.3 Å². The molecule has 5 heteroatoms. The maximum atomic E-state index is 13.3. The highest BCUT2D eigenvalue weighted by atomic mass is 16.6. The zero-order valence-corrected chi connectivity index (χ0v) is 20.3. The zero-order chi connectivity index (χ0) is 26.2. The Hall–Kier alpha value is -5.08. The smallest absolute Gasteiger partial charge is 0.269 e. The lowest BCUT2D eigenvalue weighted by Gasteiger charge is -2.18. The molecule has 0 heterocycles. The van der Waals surface area contributed by atoms with Crippen LogP contribution in [-0.4, -0.2) is 10.7 Å². The second-order valence-electron chi connectivity index (χ2n) is 8.47. The van der Waals surface area contributed by atoms with Crippen molar-refractivity contribution in [1.29, 1.82) is 5.26 Å². The van der Waals surface area contributed by atoms with Crippen molar-refractivity contribution in [2.75, 3.05) is 0 Å². The van der Waals surface area contributed by atoms with E-state index in [1.54, 1.807) is 24.3 Å². The van der Waals surface area contributed by atoms with Crippen LogP contribution in [0.4, 0.5) is 5.69 Å². The molecule has 0 aromatic heterocycles. The van der Waals surface area contributed by atoms with E-state index in [0.717, 1.165) is 22.3 Å². The number of hydrogen-bond acceptors (Lipinski definition) is 4. The van der Waals surface area contributed by atoms with Crippen LogP contribution in [0.2, 0.25) is 0 Å². The normalized spacial score (nSPS) is 12.1. The van der Waals surface area contributed by atoms with Crippen LogP contribution in [0.15, 0.2) is 121 Å². The third-order valence-corrected chi connectivity index (χ3v) is 6.17. The first-order chi connectivity index (χ1) is 18.0. The van der Waals surface area contributed by atoms with Crippen LogP contribution in [0.1, 0.15) is 40.4 Å². The second-order valence-corrected chi connectivity index (χ2v) is 8.47. The Bertz CT molecular complexity index is 1510. The van der Waals surface area contributed by atoms with Crippen molar-refractivity contribution >= 4 is 28.2 Å². The number of ketones is 1. The molecule has 0 N–H and O–H groups in total. The Morgan fingerprint density at radius 2 is 1.22 bits per heavy atom. The van der Waals surface area contributed by atoms with Crippen molar-refractivity contribution in [2.24, 2.45) is 0 Å². The topological polar surface area (TPSA) is 84.0 Å². The van der Waals surface area contributed by atoms with Crippen molar-refractivity contribution in [1.82, 2.24) is 0 Å². The molecule has 4 aromatic rings. The molecule has 0 radical (unpaired) electrons. The standard InChI is InChI=1S/C32H24N2O3/c1-23(29(24-11-5-2-6-12-24)21-31(35)26-13-7-3-8-14-26)32(27-15-9-4-10-16-27)30(22-33)25-17-19-28(20-18-25)34(36)37/h2-20H,21H2,1H3/b29-23+,32-30+. The van der Waals surface area contributed by atoms with Gasteiger partial charge in [0.15, 0.2) is 5.78 Å². The van der Waals surface area contributed by atoms with E-state index in [9.17, 15) is 20.2 Å². The van der Waals surface area contributed by atoms with Gasteiger partial charge in [0.25, 0.3) is 5.69 Å². The number of nitro benzene ring substituents is 1. The van der Waals surface area contributed by atoms with Crippen LogP contribution in [0.5, 0.6) is 0 Å². The predicted molar refractivity (Wildman–Crippen MR) is 146 cm³/mol. The van der Waals surface area contributed by atoms with Gasteiger partial charge in [-0.3, -0.25) is 14.9 Å². The summed E-state index contributed by atoms with van der Waals surface area (Å²) < 4.78 is 0. The highest BCUT2D eigenvalue weighted by Gasteiger charge is 2.20. The number of Topliss-reactive ketones (excluding diaryl/α,β-unsaturated/α-hetero) is 1. The summed E-state index contributed by atoms with van der Waals surface area (Å²) in [5.41, 5.74) is 5.48. The number of rotatable bonds is 8. The van der Waals surface area contributed by atoms with Gasteiger partial charge in [-0.25, -0.2) is 0 Å². The minimum absolute atomic E-state index is 0.0277. The van der Waals surface area contributed by atoms with Gasteiger partial charge in [0.1, 0.15) is 6.07 Å². The molecule has 0 bridgehead atoms. The number of carbonyl (C=O) groups excluding carboxylic acids is 1. The van der Waals surface area contributed by atoms with E-state index >= 15 is 0 Å². The third kappa shape index (κ3) is 5.77. The molecule has 0 fully saturated rings. The van der Waals surface area contributed by atoms with E-state index in [-0.39, 0.29) is 17.9 Å². The van der Waals surface area contributed by atoms with Crippen LogP contribution in [-0.2, 0) is 0 Å². The molecule has 4 rings (SSSR count). The number of nitro groups is 1. The highest BCUT2D eigenvalue weighted by Crippen LogP contribution is 2.38. The molecule has 0 amide bonds. The number of hydrogen-bond donors (Lipinski definition) is 0. The first kappa shape index (κ1) is 25.0. The first-order valence-corrected chi connectivity index (χ1v) is 11.8. The maximum Gasteiger partial charge on any atom is 0.269 e. The lowest BCUT2D eigenvalue weighted by molar-refractivity contribution is -0.384. The van der Waals surface area contributed by atoms with Crippen LogP contribution in [0, 0.1) is 21.4 Å². The quantitative estimate of drug-likeness (QED) is 0.0638. The summed E-state index contributed by atoms with van der Waals surface area (Å²) in [5.74, 6) is -0.0277. The first-order valence-electron chi connectivity index (χ1n) is 11.8. The number of non-ortho nitro benzene ring substituents is 1. The Kier molecular flexibility index (Phi) is 7.82. The van der Waals surface area contributed by atoms with Gasteiger partial charge >= 0.3 is 0 Å². The van der Waals surface area contributed by atoms with Crippen LogP contribution in [0.25, 0.3) is 16.7 Å². The number of allylic oxidation sites excluding steroid dienone is 4. The summed E-state index contributed by atoms with van der Waals surface area (Å²) in [5, 5.41) is 21.5. The fraction of sp³-hybridized carbons (Fsp3) is 0.0625. The Morgan fingerprint density at radius 1 is 0.730 bits per heavy atom. The van der Waals surface area contributed by atoms with E-state index in [1.807, 2.05) is 85.8 Å². The highest BCUT2D eigenvalue weighted by molar-refractivity contribution is 6.09. The summed E-state index contributed by atoms with van der Waals surface area (Å²) in [4.78, 5) is 24.0. The Balaban J connectivity index is 1.97. The summed E-state index contributed by atoms with van der Waals surface area (Å²) in [6.45, 7) is 1.92. The van der Waals surface area contributed by atoms with Gasteiger partial charge in [-0.1, -0.05) is 91.0 Å². The maximum absolute atomic E-state index is 13.3. The van der Waals surface area contributed by atoms with E-state index in [2.05, 4.69) is 6.07 Å². The summed E-state index contributed by atoms with van der Waals surface area (Å²) in [6, 6.07) is 36.6. The monoisotopic (exact) mass is 484 g/mol. The van der Waals surface area contributed by atoms with Gasteiger partial charge in [-0.15, -0.1) is 0 Å². The van der Waals surface area contributed by atoms with Crippen LogP contribution in [0.3, 0.4) is 0 Å². The lowest BCUT2D eigenvalue weighted by Crippen LogP contribution is -2.04. The predicted octanol–water partition coefficient (Wildman–Crippen LogP) is 7.78. The molecule has 0 saturated carbocycles. The Morgan fingerprint density at radius 3 is 1.70 bits per heavy atom. The van der Waals surface area contributed by atoms with E-state index < -0.39 is 4.92 Å². The molecular weight excluding hydrogens is 460 g/mol. The lowest BCUT2D eigenvalue weighted by atomic mass is 9.84. The zero-order valence-electron chi connectivity index (χ0n) is 20.3. The van der Waals surface area contributed by atoms with Gasteiger partial charge in [0, 0.05) is 29.7 Å². The summed E-state index contributed by atoms with van der Waals surface area (Å²) in [6.07, 6.45) is 0.148. The number of nitriles is 1. The second kappa shape index (κ2) is 11.6. The van der Waals surface area contributed by atoms with Gasteiger partial charge in [-0.05, 0) is 46.9 Å². The van der Waals surface area contributed by atoms with Crippen LogP contribution >= 0.6 is 0 Å². The fourth-order valence-electron chi connectivity index (χ4n) is 4.30. The van der Waals surface area contributed by atoms with E-state index in [4.69, 9.17) is 0 Å². The van der Waals surface area contributed by atoms with Gasteiger partial charge < -0.3 is 0 Å². The molecule has 0 aliphatic carbocycles. The molecule has 0 spiro atoms. The SMILES string of the molecule is CC(=C(/CC(=O)c1ccccc1)c1ccccc1)/C(=C(/C#N)c1ccc([N+](=O)[O-])cc1)c1ccccc1. The van der Waals surface area contributed by atoms with Crippen molar-refractivity contribution in [3.8, 4) is 6.07 Å². The molecule has 5 nitrogen and oxygen atoms in total. The van der Waals surface area contributed by atoms with Gasteiger partial charge in [0.2, 0.25) is 0 Å². The van der Waals surface area contributed by atoms with Gasteiger partial charge in [-0.2, -0.15) is 5.26 Å². The average Bonchev–Trinajstić information content (AvgIpc) is 2.95.